The summed E-state index contributed by atoms with van der Waals surface area (Å²) in [6.45, 7) is 1.45. The number of nitrogens with one attached hydrogen (secondary N) is 2. The van der Waals surface area contributed by atoms with Crippen molar-refractivity contribution < 1.29 is 9.90 Å². The summed E-state index contributed by atoms with van der Waals surface area (Å²) >= 11 is 3.04. The summed E-state index contributed by atoms with van der Waals surface area (Å²) in [5, 5.41) is 13.4. The Labute approximate surface area is 75.9 Å². The average molecular weight is 235 g/mol. The summed E-state index contributed by atoms with van der Waals surface area (Å²) in [7, 11) is 0. The van der Waals surface area contributed by atoms with Crippen LogP contribution in [-0.2, 0) is 4.79 Å². The molecule has 0 aromatic carbocycles. The summed E-state index contributed by atoms with van der Waals surface area (Å²) in [5.41, 5.74) is -0.195. The number of carboxylic acids is 1. The summed E-state index contributed by atoms with van der Waals surface area (Å²) in [6.07, 6.45) is 0. The molecular weight excluding hydrogens is 228 g/mol. The lowest BCUT2D eigenvalue weighted by molar-refractivity contribution is -0.138. The predicted molar refractivity (Wildman–Crippen MR) is 45.2 cm³/mol. The third kappa shape index (κ3) is 1.42. The van der Waals surface area contributed by atoms with Gasteiger partial charge in [0, 0.05) is 0 Å². The van der Waals surface area contributed by atoms with Gasteiger partial charge in [-0.2, -0.15) is 0 Å². The topological polar surface area (TPSA) is 85.9 Å². The second-order valence-electron chi connectivity index (χ2n) is 2.37. The molecule has 0 spiro atoms. The van der Waals surface area contributed by atoms with Crippen LogP contribution in [-0.4, -0.2) is 21.3 Å². The SMILES string of the molecule is CC(C(=O)O)c1c(Br)[nH][nH]c1=O. The molecule has 0 fully saturated rings. The molecule has 0 aliphatic carbocycles. The fourth-order valence-electron chi connectivity index (χ4n) is 0.856. The molecular formula is C6H7BrN2O3. The van der Waals surface area contributed by atoms with E-state index >= 15 is 0 Å². The maximum Gasteiger partial charge on any atom is 0.311 e. The van der Waals surface area contributed by atoms with Crippen molar-refractivity contribution in [3.05, 3.63) is 20.5 Å². The van der Waals surface area contributed by atoms with Gasteiger partial charge in [0.05, 0.1) is 11.5 Å². The highest BCUT2D eigenvalue weighted by Crippen LogP contribution is 2.18. The largest absolute Gasteiger partial charge is 0.481 e. The monoisotopic (exact) mass is 234 g/mol. The molecule has 0 saturated heterocycles. The van der Waals surface area contributed by atoms with Crippen molar-refractivity contribution in [3.8, 4) is 0 Å². The van der Waals surface area contributed by atoms with Gasteiger partial charge in [0.2, 0.25) is 0 Å². The number of hydrogen-bond donors (Lipinski definition) is 3. The lowest BCUT2D eigenvalue weighted by Gasteiger charge is -2.00. The number of hydrogen-bond acceptors (Lipinski definition) is 2. The van der Waals surface area contributed by atoms with Crippen LogP contribution in [0.3, 0.4) is 0 Å². The van der Waals surface area contributed by atoms with Crippen LogP contribution in [0.25, 0.3) is 0 Å². The standard InChI is InChI=1S/C6H7BrN2O3/c1-2(6(11)12)3-4(7)8-9-5(3)10/h2H,1H3,(H,11,12)(H2,8,9,10). The quantitative estimate of drug-likeness (QED) is 0.703. The van der Waals surface area contributed by atoms with Gasteiger partial charge in [-0.25, -0.2) is 0 Å². The molecule has 66 valence electrons. The van der Waals surface area contributed by atoms with Gasteiger partial charge in [-0.15, -0.1) is 0 Å². The molecule has 5 nitrogen and oxygen atoms in total. The van der Waals surface area contributed by atoms with E-state index in [0.29, 0.717) is 4.60 Å². The molecule has 1 atom stereocenters. The molecule has 6 heteroatoms. The third-order valence-electron chi connectivity index (χ3n) is 1.57. The summed E-state index contributed by atoms with van der Waals surface area (Å²) in [5.74, 6) is -1.84. The minimum atomic E-state index is -1.03. The highest BCUT2D eigenvalue weighted by molar-refractivity contribution is 9.10. The van der Waals surface area contributed by atoms with Crippen molar-refractivity contribution in [2.75, 3.05) is 0 Å². The Morgan fingerprint density at radius 2 is 2.17 bits per heavy atom. The van der Waals surface area contributed by atoms with Crippen molar-refractivity contribution >= 4 is 21.9 Å². The Hall–Kier alpha value is -1.04. The van der Waals surface area contributed by atoms with E-state index in [1.807, 2.05) is 0 Å². The van der Waals surface area contributed by atoms with Crippen LogP contribution in [0.4, 0.5) is 0 Å². The van der Waals surface area contributed by atoms with Crippen molar-refractivity contribution in [2.45, 2.75) is 12.8 Å². The van der Waals surface area contributed by atoms with Crippen molar-refractivity contribution in [2.24, 2.45) is 0 Å². The number of carboxylic acid groups (broad SMARTS) is 1. The van der Waals surface area contributed by atoms with Crippen LogP contribution >= 0.6 is 15.9 Å². The van der Waals surface area contributed by atoms with Gasteiger partial charge in [-0.05, 0) is 22.9 Å². The zero-order chi connectivity index (χ0) is 9.30. The van der Waals surface area contributed by atoms with Crippen LogP contribution < -0.4 is 5.56 Å². The second-order valence-corrected chi connectivity index (χ2v) is 3.16. The lowest BCUT2D eigenvalue weighted by Crippen LogP contribution is -2.15. The number of aliphatic carboxylic acids is 1. The highest BCUT2D eigenvalue weighted by atomic mass is 79.9. The first-order valence-corrected chi connectivity index (χ1v) is 4.02. The minimum Gasteiger partial charge on any atom is -0.481 e. The molecule has 12 heavy (non-hydrogen) atoms. The van der Waals surface area contributed by atoms with Crippen LogP contribution in [0.2, 0.25) is 0 Å². The Morgan fingerprint density at radius 1 is 1.58 bits per heavy atom. The fourth-order valence-corrected chi connectivity index (χ4v) is 1.48. The van der Waals surface area contributed by atoms with Crippen molar-refractivity contribution in [1.29, 1.82) is 0 Å². The molecule has 1 rings (SSSR count). The van der Waals surface area contributed by atoms with E-state index < -0.39 is 17.4 Å². The van der Waals surface area contributed by atoms with Crippen molar-refractivity contribution in [3.63, 3.8) is 0 Å². The normalized spacial score (nSPS) is 12.8. The Balaban J connectivity index is 3.18. The fraction of sp³-hybridized carbons (Fsp3) is 0.333. The van der Waals surface area contributed by atoms with Gasteiger partial charge in [-0.1, -0.05) is 0 Å². The Bertz CT molecular complexity index is 354. The maximum absolute atomic E-state index is 11.0. The van der Waals surface area contributed by atoms with Gasteiger partial charge in [-0.3, -0.25) is 19.8 Å². The predicted octanol–water partition coefficient (Wildman–Crippen LogP) is 0.654. The van der Waals surface area contributed by atoms with Gasteiger partial charge >= 0.3 is 5.97 Å². The molecule has 0 amide bonds. The Kier molecular flexibility index (Phi) is 2.37. The summed E-state index contributed by atoms with van der Waals surface area (Å²) in [4.78, 5) is 21.5. The molecule has 1 aromatic heterocycles. The molecule has 1 heterocycles. The van der Waals surface area contributed by atoms with E-state index in [0.717, 1.165) is 0 Å². The molecule has 0 aliphatic rings. The maximum atomic E-state index is 11.0. The van der Waals surface area contributed by atoms with Gasteiger partial charge < -0.3 is 5.11 Å². The zero-order valence-corrected chi connectivity index (χ0v) is 7.81. The number of aromatic amines is 2. The molecule has 0 radical (unpaired) electrons. The van der Waals surface area contributed by atoms with E-state index in [1.165, 1.54) is 6.92 Å². The van der Waals surface area contributed by atoms with Crippen molar-refractivity contribution in [1.82, 2.24) is 10.2 Å². The zero-order valence-electron chi connectivity index (χ0n) is 6.22. The smallest absolute Gasteiger partial charge is 0.311 e. The van der Waals surface area contributed by atoms with Crippen LogP contribution in [0.5, 0.6) is 0 Å². The van der Waals surface area contributed by atoms with Gasteiger partial charge in [0.15, 0.2) is 0 Å². The summed E-state index contributed by atoms with van der Waals surface area (Å²) in [6, 6.07) is 0. The first-order valence-electron chi connectivity index (χ1n) is 3.23. The van der Waals surface area contributed by atoms with Gasteiger partial charge in [0.25, 0.3) is 5.56 Å². The van der Waals surface area contributed by atoms with Crippen LogP contribution in [0.15, 0.2) is 9.40 Å². The summed E-state index contributed by atoms with van der Waals surface area (Å²) < 4.78 is 0.391. The molecule has 1 unspecified atom stereocenters. The second kappa shape index (κ2) is 3.14. The molecule has 3 N–H and O–H groups in total. The van der Waals surface area contributed by atoms with Crippen LogP contribution in [0, 0.1) is 0 Å². The van der Waals surface area contributed by atoms with Gasteiger partial charge in [0.1, 0.15) is 4.60 Å². The van der Waals surface area contributed by atoms with E-state index in [9.17, 15) is 9.59 Å². The van der Waals surface area contributed by atoms with E-state index in [1.54, 1.807) is 0 Å². The van der Waals surface area contributed by atoms with E-state index in [4.69, 9.17) is 5.11 Å². The Morgan fingerprint density at radius 3 is 2.50 bits per heavy atom. The third-order valence-corrected chi connectivity index (χ3v) is 2.20. The number of rotatable bonds is 2. The minimum absolute atomic E-state index is 0.211. The highest BCUT2D eigenvalue weighted by Gasteiger charge is 2.21. The lowest BCUT2D eigenvalue weighted by atomic mass is 10.1. The number of aromatic nitrogens is 2. The first kappa shape index (κ1) is 9.05. The molecule has 0 saturated carbocycles. The average Bonchev–Trinajstić information content (AvgIpc) is 2.30. The number of H-pyrrole nitrogens is 2. The number of halogens is 1. The van der Waals surface area contributed by atoms with E-state index in [2.05, 4.69) is 26.1 Å². The number of carbonyl (C=O) groups is 1. The molecule has 0 aliphatic heterocycles. The molecule has 0 bridgehead atoms. The first-order chi connectivity index (χ1) is 5.54. The molecule has 1 aromatic rings. The van der Waals surface area contributed by atoms with E-state index in [-0.39, 0.29) is 5.56 Å². The van der Waals surface area contributed by atoms with Crippen LogP contribution in [0.1, 0.15) is 18.4 Å².